The van der Waals surface area contributed by atoms with Crippen molar-refractivity contribution in [3.63, 3.8) is 0 Å². The molecule has 1 aromatic rings. The van der Waals surface area contributed by atoms with Crippen LogP contribution in [0.4, 0.5) is 0 Å². The lowest BCUT2D eigenvalue weighted by Crippen LogP contribution is -2.10. The third-order valence-electron chi connectivity index (χ3n) is 2.22. The molecule has 5 heteroatoms. The zero-order chi connectivity index (χ0) is 13.2. The molecule has 0 N–H and O–H groups in total. The number of hydrogen-bond donors (Lipinski definition) is 0. The van der Waals surface area contributed by atoms with Gasteiger partial charge in [-0.3, -0.25) is 9.59 Å². The number of aldehydes is 2. The van der Waals surface area contributed by atoms with E-state index in [9.17, 15) is 9.59 Å². The van der Waals surface area contributed by atoms with Crippen molar-refractivity contribution in [1.82, 2.24) is 0 Å². The predicted octanol–water partition coefficient (Wildman–Crippen LogP) is 1.35. The molecule has 0 saturated heterocycles. The van der Waals surface area contributed by atoms with Crippen molar-refractivity contribution >= 4 is 12.6 Å². The summed E-state index contributed by atoms with van der Waals surface area (Å²) in [6.45, 7) is 1.73. The first-order valence-corrected chi connectivity index (χ1v) is 5.55. The second-order valence-electron chi connectivity index (χ2n) is 3.49. The molecule has 98 valence electrons. The molecule has 5 nitrogen and oxygen atoms in total. The SMILES string of the molecule is COCCOCCOc1cc(C=O)ccc1C=O. The lowest BCUT2D eigenvalue weighted by atomic mass is 10.1. The molecule has 1 rings (SSSR count). The Bertz CT molecular complexity index is 389. The van der Waals surface area contributed by atoms with Crippen molar-refractivity contribution in [3.8, 4) is 5.75 Å². The van der Waals surface area contributed by atoms with E-state index in [1.54, 1.807) is 19.2 Å². The zero-order valence-corrected chi connectivity index (χ0v) is 10.3. The van der Waals surface area contributed by atoms with E-state index in [1.165, 1.54) is 6.07 Å². The monoisotopic (exact) mass is 252 g/mol. The molecular weight excluding hydrogens is 236 g/mol. The zero-order valence-electron chi connectivity index (χ0n) is 10.3. The van der Waals surface area contributed by atoms with Gasteiger partial charge in [-0.1, -0.05) is 6.07 Å². The maximum Gasteiger partial charge on any atom is 0.153 e. The Morgan fingerprint density at radius 2 is 1.83 bits per heavy atom. The van der Waals surface area contributed by atoms with Crippen LogP contribution < -0.4 is 4.74 Å². The molecule has 0 unspecified atom stereocenters. The summed E-state index contributed by atoms with van der Waals surface area (Å²) in [4.78, 5) is 21.4. The summed E-state index contributed by atoms with van der Waals surface area (Å²) >= 11 is 0. The lowest BCUT2D eigenvalue weighted by molar-refractivity contribution is 0.0542. The number of carbonyl (C=O) groups is 2. The standard InChI is InChI=1S/C13H16O5/c1-16-4-5-17-6-7-18-13-8-11(9-14)2-3-12(13)10-15/h2-3,8-10H,4-7H2,1H3. The van der Waals surface area contributed by atoms with E-state index in [2.05, 4.69) is 0 Å². The Hall–Kier alpha value is -1.72. The molecule has 0 heterocycles. The number of ether oxygens (including phenoxy) is 3. The van der Waals surface area contributed by atoms with Gasteiger partial charge in [-0.15, -0.1) is 0 Å². The van der Waals surface area contributed by atoms with E-state index in [4.69, 9.17) is 14.2 Å². The molecule has 0 aliphatic rings. The second kappa shape index (κ2) is 8.38. The van der Waals surface area contributed by atoms with E-state index >= 15 is 0 Å². The van der Waals surface area contributed by atoms with E-state index in [0.29, 0.717) is 55.9 Å². The van der Waals surface area contributed by atoms with E-state index in [0.717, 1.165) is 0 Å². The molecule has 1 aromatic carbocycles. The molecule has 0 bridgehead atoms. The predicted molar refractivity (Wildman–Crippen MR) is 65.4 cm³/mol. The molecule has 0 spiro atoms. The first kappa shape index (κ1) is 14.3. The van der Waals surface area contributed by atoms with Crippen LogP contribution in [0.2, 0.25) is 0 Å². The first-order chi connectivity index (χ1) is 8.81. The van der Waals surface area contributed by atoms with Crippen LogP contribution in [0.1, 0.15) is 20.7 Å². The van der Waals surface area contributed by atoms with Gasteiger partial charge >= 0.3 is 0 Å². The Morgan fingerprint density at radius 1 is 1.06 bits per heavy atom. The van der Waals surface area contributed by atoms with Gasteiger partial charge in [0.15, 0.2) is 6.29 Å². The Morgan fingerprint density at radius 3 is 2.50 bits per heavy atom. The summed E-state index contributed by atoms with van der Waals surface area (Å²) < 4.78 is 15.4. The first-order valence-electron chi connectivity index (χ1n) is 5.55. The molecule has 0 radical (unpaired) electrons. The van der Waals surface area contributed by atoms with Crippen molar-refractivity contribution in [1.29, 1.82) is 0 Å². The van der Waals surface area contributed by atoms with Crippen molar-refractivity contribution in [2.75, 3.05) is 33.5 Å². The summed E-state index contributed by atoms with van der Waals surface area (Å²) in [5.74, 6) is 0.393. The summed E-state index contributed by atoms with van der Waals surface area (Å²) in [5, 5.41) is 0. The second-order valence-corrected chi connectivity index (χ2v) is 3.49. The number of benzene rings is 1. The lowest BCUT2D eigenvalue weighted by Gasteiger charge is -2.09. The highest BCUT2D eigenvalue weighted by Crippen LogP contribution is 2.18. The van der Waals surface area contributed by atoms with Crippen LogP contribution in [0, 0.1) is 0 Å². The van der Waals surface area contributed by atoms with Gasteiger partial charge in [0, 0.05) is 12.7 Å². The van der Waals surface area contributed by atoms with Gasteiger partial charge in [0.1, 0.15) is 18.6 Å². The maximum absolute atomic E-state index is 10.8. The molecule has 0 saturated carbocycles. The molecule has 0 fully saturated rings. The highest BCUT2D eigenvalue weighted by molar-refractivity contribution is 5.83. The van der Waals surface area contributed by atoms with Gasteiger partial charge < -0.3 is 14.2 Å². The normalized spacial score (nSPS) is 10.1. The van der Waals surface area contributed by atoms with Crippen molar-refractivity contribution in [2.24, 2.45) is 0 Å². The number of carbonyl (C=O) groups excluding carboxylic acids is 2. The minimum absolute atomic E-state index is 0.312. The third-order valence-corrected chi connectivity index (χ3v) is 2.22. The average Bonchev–Trinajstić information content (AvgIpc) is 2.42. The quantitative estimate of drug-likeness (QED) is 0.490. The summed E-state index contributed by atoms with van der Waals surface area (Å²) in [6.07, 6.45) is 1.40. The molecule has 18 heavy (non-hydrogen) atoms. The van der Waals surface area contributed by atoms with E-state index in [-0.39, 0.29) is 0 Å². The number of rotatable bonds is 9. The fourth-order valence-electron chi connectivity index (χ4n) is 1.30. The molecule has 0 atom stereocenters. The Balaban J connectivity index is 2.44. The molecule has 0 aliphatic carbocycles. The average molecular weight is 252 g/mol. The number of hydrogen-bond acceptors (Lipinski definition) is 5. The minimum Gasteiger partial charge on any atom is -0.490 e. The molecular formula is C13H16O5. The van der Waals surface area contributed by atoms with Gasteiger partial charge in [-0.2, -0.15) is 0 Å². The summed E-state index contributed by atoms with van der Waals surface area (Å²) in [5.41, 5.74) is 0.883. The Labute approximate surface area is 106 Å². The van der Waals surface area contributed by atoms with Crippen LogP contribution in [0.25, 0.3) is 0 Å². The van der Waals surface area contributed by atoms with Gasteiger partial charge in [0.2, 0.25) is 0 Å². The van der Waals surface area contributed by atoms with E-state index in [1.807, 2.05) is 0 Å². The van der Waals surface area contributed by atoms with Gasteiger partial charge in [-0.25, -0.2) is 0 Å². The van der Waals surface area contributed by atoms with Crippen molar-refractivity contribution in [3.05, 3.63) is 29.3 Å². The Kier molecular flexibility index (Phi) is 6.68. The smallest absolute Gasteiger partial charge is 0.153 e. The molecule has 0 aromatic heterocycles. The minimum atomic E-state index is 0.312. The van der Waals surface area contributed by atoms with Crippen LogP contribution in [0.5, 0.6) is 5.75 Å². The van der Waals surface area contributed by atoms with Gasteiger partial charge in [0.25, 0.3) is 0 Å². The highest BCUT2D eigenvalue weighted by Gasteiger charge is 2.04. The summed E-state index contributed by atoms with van der Waals surface area (Å²) in [7, 11) is 1.60. The van der Waals surface area contributed by atoms with Crippen LogP contribution in [0.15, 0.2) is 18.2 Å². The summed E-state index contributed by atoms with van der Waals surface area (Å²) in [6, 6.07) is 4.66. The van der Waals surface area contributed by atoms with Gasteiger partial charge in [-0.05, 0) is 12.1 Å². The van der Waals surface area contributed by atoms with Crippen LogP contribution in [-0.4, -0.2) is 46.1 Å². The van der Waals surface area contributed by atoms with Crippen molar-refractivity contribution < 1.29 is 23.8 Å². The third kappa shape index (κ3) is 4.65. The fraction of sp³-hybridized carbons (Fsp3) is 0.385. The van der Waals surface area contributed by atoms with Crippen molar-refractivity contribution in [2.45, 2.75) is 0 Å². The van der Waals surface area contributed by atoms with Gasteiger partial charge in [0.05, 0.1) is 25.4 Å². The number of methoxy groups -OCH3 is 1. The van der Waals surface area contributed by atoms with Crippen LogP contribution in [-0.2, 0) is 9.47 Å². The molecule has 0 aliphatic heterocycles. The fourth-order valence-corrected chi connectivity index (χ4v) is 1.30. The largest absolute Gasteiger partial charge is 0.490 e. The highest BCUT2D eigenvalue weighted by atomic mass is 16.5. The topological polar surface area (TPSA) is 61.8 Å². The molecule has 0 amide bonds. The maximum atomic E-state index is 10.8. The van der Waals surface area contributed by atoms with Crippen LogP contribution in [0.3, 0.4) is 0 Å². The van der Waals surface area contributed by atoms with Crippen LogP contribution >= 0.6 is 0 Å². The van der Waals surface area contributed by atoms with E-state index < -0.39 is 0 Å².